The van der Waals surface area contributed by atoms with Crippen LogP contribution in [0.5, 0.6) is 11.5 Å². The highest BCUT2D eigenvalue weighted by molar-refractivity contribution is 7.80. The van der Waals surface area contributed by atoms with Crippen molar-refractivity contribution in [2.24, 2.45) is 0 Å². The van der Waals surface area contributed by atoms with Crippen LogP contribution in [0.15, 0.2) is 23.8 Å². The number of thiocarbonyl (C=S) groups is 1. The Morgan fingerprint density at radius 2 is 1.82 bits per heavy atom. The molecule has 1 fully saturated rings. The summed E-state index contributed by atoms with van der Waals surface area (Å²) in [6, 6.07) is 5.23. The number of hydrogen-bond donors (Lipinski definition) is 2. The minimum atomic E-state index is -0.549. The molecule has 2 amide bonds. The molecule has 1 aromatic rings. The monoisotopic (exact) mass is 320 g/mol. The van der Waals surface area contributed by atoms with E-state index in [-0.39, 0.29) is 16.8 Å². The van der Waals surface area contributed by atoms with Crippen molar-refractivity contribution in [1.29, 1.82) is 0 Å². The van der Waals surface area contributed by atoms with Crippen LogP contribution in [0, 0.1) is 0 Å². The zero-order chi connectivity index (χ0) is 16.3. The maximum atomic E-state index is 11.9. The van der Waals surface area contributed by atoms with Gasteiger partial charge in [0.1, 0.15) is 5.57 Å². The second-order valence-electron chi connectivity index (χ2n) is 4.84. The molecule has 22 heavy (non-hydrogen) atoms. The standard InChI is InChI=1S/C15H16N2O4S/c1-8(2)21-12-9(5-4-6-11(12)20-3)7-10-13(18)16-15(22)17-14(10)19/h4-8H,1-3H3,(H2,16,17,18,19,22). The van der Waals surface area contributed by atoms with Crippen LogP contribution in [0.2, 0.25) is 0 Å². The van der Waals surface area contributed by atoms with E-state index >= 15 is 0 Å². The summed E-state index contributed by atoms with van der Waals surface area (Å²) in [6.07, 6.45) is 1.36. The van der Waals surface area contributed by atoms with Crippen molar-refractivity contribution in [1.82, 2.24) is 10.6 Å². The van der Waals surface area contributed by atoms with Crippen molar-refractivity contribution < 1.29 is 19.1 Å². The van der Waals surface area contributed by atoms with Gasteiger partial charge >= 0.3 is 0 Å². The van der Waals surface area contributed by atoms with E-state index in [1.807, 2.05) is 13.8 Å². The van der Waals surface area contributed by atoms with Crippen LogP contribution >= 0.6 is 12.2 Å². The summed E-state index contributed by atoms with van der Waals surface area (Å²) < 4.78 is 11.0. The normalized spacial score (nSPS) is 14.5. The maximum absolute atomic E-state index is 11.9. The van der Waals surface area contributed by atoms with Crippen LogP contribution in [0.1, 0.15) is 19.4 Å². The van der Waals surface area contributed by atoms with Gasteiger partial charge in [-0.2, -0.15) is 0 Å². The second kappa shape index (κ2) is 6.57. The van der Waals surface area contributed by atoms with Crippen molar-refractivity contribution in [2.45, 2.75) is 20.0 Å². The molecule has 1 aliphatic heterocycles. The lowest BCUT2D eigenvalue weighted by atomic mass is 10.1. The Morgan fingerprint density at radius 1 is 1.18 bits per heavy atom. The molecule has 2 rings (SSSR count). The van der Waals surface area contributed by atoms with Gasteiger partial charge in [0.2, 0.25) is 0 Å². The van der Waals surface area contributed by atoms with Gasteiger partial charge in [-0.05, 0) is 38.2 Å². The fraction of sp³-hybridized carbons (Fsp3) is 0.267. The van der Waals surface area contributed by atoms with Crippen molar-refractivity contribution in [2.75, 3.05) is 7.11 Å². The lowest BCUT2D eigenvalue weighted by Gasteiger charge is -2.18. The summed E-state index contributed by atoms with van der Waals surface area (Å²) in [6.45, 7) is 3.75. The van der Waals surface area contributed by atoms with Crippen LogP contribution in [0.25, 0.3) is 6.08 Å². The smallest absolute Gasteiger partial charge is 0.263 e. The lowest BCUT2D eigenvalue weighted by molar-refractivity contribution is -0.123. The fourth-order valence-corrected chi connectivity index (χ4v) is 2.12. The molecule has 0 spiro atoms. The molecule has 0 radical (unpaired) electrons. The van der Waals surface area contributed by atoms with Crippen LogP contribution in [-0.2, 0) is 9.59 Å². The van der Waals surface area contributed by atoms with E-state index in [2.05, 4.69) is 10.6 Å². The molecular weight excluding hydrogens is 304 g/mol. The summed E-state index contributed by atoms with van der Waals surface area (Å²) in [5.74, 6) is -0.101. The fourth-order valence-electron chi connectivity index (χ4n) is 1.93. The predicted octanol–water partition coefficient (Wildman–Crippen LogP) is 1.40. The number of nitrogens with one attached hydrogen (secondary N) is 2. The highest BCUT2D eigenvalue weighted by atomic mass is 32.1. The number of benzene rings is 1. The zero-order valence-corrected chi connectivity index (χ0v) is 13.2. The first-order valence-electron chi connectivity index (χ1n) is 6.64. The van der Waals surface area contributed by atoms with Gasteiger partial charge in [-0.15, -0.1) is 0 Å². The van der Waals surface area contributed by atoms with E-state index in [0.29, 0.717) is 17.1 Å². The highest BCUT2D eigenvalue weighted by Crippen LogP contribution is 2.33. The van der Waals surface area contributed by atoms with Crippen LogP contribution < -0.4 is 20.1 Å². The molecule has 1 aliphatic rings. The predicted molar refractivity (Wildman–Crippen MR) is 85.6 cm³/mol. The van der Waals surface area contributed by atoms with E-state index in [0.717, 1.165) is 0 Å². The minimum absolute atomic E-state index is 0.00329. The maximum Gasteiger partial charge on any atom is 0.263 e. The first kappa shape index (κ1) is 16.0. The molecule has 0 atom stereocenters. The van der Waals surface area contributed by atoms with E-state index < -0.39 is 11.8 Å². The number of methoxy groups -OCH3 is 1. The Labute approximate surface area is 133 Å². The van der Waals surface area contributed by atoms with E-state index in [4.69, 9.17) is 21.7 Å². The van der Waals surface area contributed by atoms with Gasteiger partial charge < -0.3 is 9.47 Å². The molecule has 116 valence electrons. The molecule has 0 saturated carbocycles. The average molecular weight is 320 g/mol. The SMILES string of the molecule is COc1cccc(C=C2C(=O)NC(=S)NC2=O)c1OC(C)C. The van der Waals surface area contributed by atoms with Crippen molar-refractivity contribution in [3.63, 3.8) is 0 Å². The van der Waals surface area contributed by atoms with Gasteiger partial charge in [0.25, 0.3) is 11.8 Å². The molecule has 0 bridgehead atoms. The van der Waals surface area contributed by atoms with Crippen molar-refractivity contribution in [3.05, 3.63) is 29.3 Å². The summed E-state index contributed by atoms with van der Waals surface area (Å²) in [5.41, 5.74) is 0.525. The van der Waals surface area contributed by atoms with Crippen molar-refractivity contribution >= 4 is 35.2 Å². The first-order valence-corrected chi connectivity index (χ1v) is 7.05. The molecular formula is C15H16N2O4S. The molecule has 6 nitrogen and oxygen atoms in total. The van der Waals surface area contributed by atoms with Gasteiger partial charge in [-0.3, -0.25) is 20.2 Å². The van der Waals surface area contributed by atoms with Crippen LogP contribution in [-0.4, -0.2) is 30.1 Å². The number of amides is 2. The molecule has 7 heteroatoms. The van der Waals surface area contributed by atoms with Gasteiger partial charge in [0.15, 0.2) is 16.6 Å². The quantitative estimate of drug-likeness (QED) is 0.498. The Balaban J connectivity index is 2.48. The van der Waals surface area contributed by atoms with Gasteiger partial charge in [0, 0.05) is 5.56 Å². The molecule has 1 heterocycles. The highest BCUT2D eigenvalue weighted by Gasteiger charge is 2.26. The Kier molecular flexibility index (Phi) is 4.77. The largest absolute Gasteiger partial charge is 0.493 e. The number of rotatable bonds is 4. The molecule has 1 aromatic carbocycles. The Hall–Kier alpha value is -2.41. The number of hydrogen-bond acceptors (Lipinski definition) is 5. The van der Waals surface area contributed by atoms with Crippen molar-refractivity contribution in [3.8, 4) is 11.5 Å². The second-order valence-corrected chi connectivity index (χ2v) is 5.25. The number of carbonyl (C=O) groups is 2. The number of carbonyl (C=O) groups excluding carboxylic acids is 2. The van der Waals surface area contributed by atoms with Gasteiger partial charge in [0.05, 0.1) is 13.2 Å². The Morgan fingerprint density at radius 3 is 2.36 bits per heavy atom. The lowest BCUT2D eigenvalue weighted by Crippen LogP contribution is -2.51. The molecule has 2 N–H and O–H groups in total. The Bertz CT molecular complexity index is 646. The third-order valence-corrected chi connectivity index (χ3v) is 3.03. The van der Waals surface area contributed by atoms with Gasteiger partial charge in [-0.1, -0.05) is 12.1 Å². The van der Waals surface area contributed by atoms with Crippen LogP contribution in [0.3, 0.4) is 0 Å². The average Bonchev–Trinajstić information content (AvgIpc) is 2.43. The number of ether oxygens (including phenoxy) is 2. The molecule has 0 unspecified atom stereocenters. The summed E-state index contributed by atoms with van der Waals surface area (Å²) in [7, 11) is 1.53. The molecule has 1 saturated heterocycles. The van der Waals surface area contributed by atoms with E-state index in [1.165, 1.54) is 13.2 Å². The summed E-state index contributed by atoms with van der Waals surface area (Å²) >= 11 is 4.76. The van der Waals surface area contributed by atoms with Crippen LogP contribution in [0.4, 0.5) is 0 Å². The number of para-hydroxylation sites is 1. The van der Waals surface area contributed by atoms with Gasteiger partial charge in [-0.25, -0.2) is 0 Å². The molecule has 0 aromatic heterocycles. The van der Waals surface area contributed by atoms with E-state index in [9.17, 15) is 9.59 Å². The van der Waals surface area contributed by atoms with E-state index in [1.54, 1.807) is 18.2 Å². The minimum Gasteiger partial charge on any atom is -0.493 e. The summed E-state index contributed by atoms with van der Waals surface area (Å²) in [5, 5.41) is 4.77. The topological polar surface area (TPSA) is 76.7 Å². The first-order chi connectivity index (χ1) is 10.4. The molecule has 0 aliphatic carbocycles. The third-order valence-electron chi connectivity index (χ3n) is 2.83. The summed E-state index contributed by atoms with van der Waals surface area (Å²) in [4.78, 5) is 23.8. The third kappa shape index (κ3) is 3.43. The zero-order valence-electron chi connectivity index (χ0n) is 12.4.